The largest absolute Gasteiger partial charge is 0.352 e. The molecule has 0 fully saturated rings. The molecule has 2 N–H and O–H groups in total. The maximum Gasteiger partial charge on any atom is 0.240 e. The van der Waals surface area contributed by atoms with E-state index < -0.39 is 10.0 Å². The lowest BCUT2D eigenvalue weighted by atomic mass is 10.1. The van der Waals surface area contributed by atoms with Crippen molar-refractivity contribution < 1.29 is 13.2 Å². The third kappa shape index (κ3) is 5.69. The van der Waals surface area contributed by atoms with Crippen molar-refractivity contribution in [1.29, 1.82) is 0 Å². The van der Waals surface area contributed by atoms with Gasteiger partial charge in [-0.25, -0.2) is 13.1 Å². The molecule has 25 heavy (non-hydrogen) atoms. The van der Waals surface area contributed by atoms with Gasteiger partial charge in [-0.1, -0.05) is 42.0 Å². The Morgan fingerprint density at radius 2 is 1.72 bits per heavy atom. The molecule has 134 valence electrons. The molecule has 0 aromatic heterocycles. The van der Waals surface area contributed by atoms with Crippen LogP contribution in [-0.2, 0) is 21.4 Å². The highest BCUT2D eigenvalue weighted by atomic mass is 32.2. The molecule has 6 heteroatoms. The van der Waals surface area contributed by atoms with Gasteiger partial charge in [-0.2, -0.15) is 0 Å². The smallest absolute Gasteiger partial charge is 0.240 e. The van der Waals surface area contributed by atoms with Gasteiger partial charge in [0.15, 0.2) is 0 Å². The molecule has 2 aromatic rings. The van der Waals surface area contributed by atoms with E-state index in [1.165, 1.54) is 0 Å². The summed E-state index contributed by atoms with van der Waals surface area (Å²) in [5, 5.41) is 2.80. The summed E-state index contributed by atoms with van der Waals surface area (Å²) in [6, 6.07) is 13.2. The summed E-state index contributed by atoms with van der Waals surface area (Å²) in [4.78, 5) is 12.2. The van der Waals surface area contributed by atoms with E-state index in [0.29, 0.717) is 12.1 Å². The van der Waals surface area contributed by atoms with Crippen LogP contribution in [0.5, 0.6) is 0 Å². The summed E-state index contributed by atoms with van der Waals surface area (Å²) in [5.74, 6) is -0.190. The lowest BCUT2D eigenvalue weighted by molar-refractivity contribution is -0.121. The van der Waals surface area contributed by atoms with E-state index in [0.717, 1.165) is 16.7 Å². The van der Waals surface area contributed by atoms with Crippen LogP contribution in [0.4, 0.5) is 0 Å². The summed E-state index contributed by atoms with van der Waals surface area (Å²) in [5.41, 5.74) is 3.71. The number of benzene rings is 2. The molecule has 0 atom stereocenters. The average Bonchev–Trinajstić information content (AvgIpc) is 2.55. The number of aryl methyl sites for hydroxylation is 3. The van der Waals surface area contributed by atoms with Gasteiger partial charge in [-0.15, -0.1) is 0 Å². The normalized spacial score (nSPS) is 11.3. The van der Waals surface area contributed by atoms with E-state index in [1.807, 2.05) is 44.2 Å². The van der Waals surface area contributed by atoms with Gasteiger partial charge < -0.3 is 5.32 Å². The van der Waals surface area contributed by atoms with Crippen molar-refractivity contribution >= 4 is 15.9 Å². The van der Waals surface area contributed by atoms with Crippen molar-refractivity contribution in [3.8, 4) is 0 Å². The minimum Gasteiger partial charge on any atom is -0.352 e. The van der Waals surface area contributed by atoms with Crippen LogP contribution in [0.3, 0.4) is 0 Å². The highest BCUT2D eigenvalue weighted by molar-refractivity contribution is 7.89. The van der Waals surface area contributed by atoms with E-state index in [4.69, 9.17) is 0 Å². The summed E-state index contributed by atoms with van der Waals surface area (Å²) < 4.78 is 27.2. The van der Waals surface area contributed by atoms with E-state index in [-0.39, 0.29) is 23.8 Å². The first kappa shape index (κ1) is 19.1. The molecule has 2 rings (SSSR count). The van der Waals surface area contributed by atoms with Crippen LogP contribution in [0, 0.1) is 20.8 Å². The van der Waals surface area contributed by atoms with E-state index in [1.54, 1.807) is 19.1 Å². The Hall–Kier alpha value is -2.18. The SMILES string of the molecule is Cc1cccc(CNC(=O)CCNS(=O)(=O)c2cc(C)ccc2C)c1. The second-order valence-electron chi connectivity index (χ2n) is 6.18. The molecule has 0 saturated heterocycles. The van der Waals surface area contributed by atoms with Crippen LogP contribution in [0.2, 0.25) is 0 Å². The molecule has 0 heterocycles. The minimum atomic E-state index is -3.61. The van der Waals surface area contributed by atoms with Crippen molar-refractivity contribution in [1.82, 2.24) is 10.0 Å². The van der Waals surface area contributed by atoms with Crippen molar-refractivity contribution in [2.45, 2.75) is 38.6 Å². The van der Waals surface area contributed by atoms with E-state index in [2.05, 4.69) is 10.0 Å². The number of sulfonamides is 1. The molecular weight excluding hydrogens is 336 g/mol. The fourth-order valence-corrected chi connectivity index (χ4v) is 3.84. The highest BCUT2D eigenvalue weighted by Gasteiger charge is 2.16. The third-order valence-corrected chi connectivity index (χ3v) is 5.45. The lowest BCUT2D eigenvalue weighted by Gasteiger charge is -2.10. The zero-order chi connectivity index (χ0) is 18.4. The number of rotatable bonds is 7. The van der Waals surface area contributed by atoms with Crippen LogP contribution in [0.25, 0.3) is 0 Å². The van der Waals surface area contributed by atoms with Crippen LogP contribution in [0.1, 0.15) is 28.7 Å². The number of carbonyl (C=O) groups excluding carboxylic acids is 1. The standard InChI is InChI=1S/C19H24N2O3S/c1-14-5-4-6-17(11-14)13-20-19(22)9-10-21-25(23,24)18-12-15(2)7-8-16(18)3/h4-8,11-12,21H,9-10,13H2,1-3H3,(H,20,22). The summed E-state index contributed by atoms with van der Waals surface area (Å²) in [6.07, 6.45) is 0.0932. The van der Waals surface area contributed by atoms with Crippen molar-refractivity contribution in [3.05, 3.63) is 64.7 Å². The number of hydrogen-bond donors (Lipinski definition) is 2. The van der Waals surface area contributed by atoms with Gasteiger partial charge in [0.2, 0.25) is 15.9 Å². The van der Waals surface area contributed by atoms with Crippen LogP contribution < -0.4 is 10.0 Å². The first-order valence-corrected chi connectivity index (χ1v) is 9.65. The van der Waals surface area contributed by atoms with Gasteiger partial charge >= 0.3 is 0 Å². The van der Waals surface area contributed by atoms with Gasteiger partial charge in [0.05, 0.1) is 4.90 Å². The Morgan fingerprint density at radius 1 is 1.00 bits per heavy atom. The van der Waals surface area contributed by atoms with Crippen LogP contribution in [0.15, 0.2) is 47.4 Å². The number of amides is 1. The number of carbonyl (C=O) groups is 1. The van der Waals surface area contributed by atoms with Crippen LogP contribution in [-0.4, -0.2) is 20.9 Å². The maximum atomic E-state index is 12.4. The Kier molecular flexibility index (Phi) is 6.33. The Bertz CT molecular complexity index is 861. The van der Waals surface area contributed by atoms with Crippen LogP contribution >= 0.6 is 0 Å². The second kappa shape index (κ2) is 8.27. The Morgan fingerprint density at radius 3 is 2.44 bits per heavy atom. The fourth-order valence-electron chi connectivity index (χ4n) is 2.48. The Labute approximate surface area is 149 Å². The quantitative estimate of drug-likeness (QED) is 0.797. The molecule has 5 nitrogen and oxygen atoms in total. The molecule has 2 aromatic carbocycles. The molecule has 1 amide bonds. The molecule has 0 aliphatic heterocycles. The minimum absolute atomic E-state index is 0.0648. The van der Waals surface area contributed by atoms with Crippen molar-refractivity contribution in [3.63, 3.8) is 0 Å². The summed E-state index contributed by atoms with van der Waals surface area (Å²) >= 11 is 0. The molecule has 0 radical (unpaired) electrons. The predicted octanol–water partition coefficient (Wildman–Crippen LogP) is 2.60. The van der Waals surface area contributed by atoms with Gasteiger partial charge in [0.1, 0.15) is 0 Å². The van der Waals surface area contributed by atoms with E-state index in [9.17, 15) is 13.2 Å². The zero-order valence-corrected chi connectivity index (χ0v) is 15.6. The Balaban J connectivity index is 1.85. The highest BCUT2D eigenvalue weighted by Crippen LogP contribution is 2.16. The molecule has 0 aliphatic carbocycles. The third-order valence-electron chi connectivity index (χ3n) is 3.85. The van der Waals surface area contributed by atoms with Gasteiger partial charge in [-0.05, 0) is 43.5 Å². The predicted molar refractivity (Wildman–Crippen MR) is 98.7 cm³/mol. The first-order chi connectivity index (χ1) is 11.8. The van der Waals surface area contributed by atoms with E-state index >= 15 is 0 Å². The van der Waals surface area contributed by atoms with Crippen molar-refractivity contribution in [2.75, 3.05) is 6.54 Å². The topological polar surface area (TPSA) is 75.3 Å². The van der Waals surface area contributed by atoms with Gasteiger partial charge in [0.25, 0.3) is 0 Å². The lowest BCUT2D eigenvalue weighted by Crippen LogP contribution is -2.31. The zero-order valence-electron chi connectivity index (χ0n) is 14.8. The molecule has 0 bridgehead atoms. The maximum absolute atomic E-state index is 12.4. The molecule has 0 saturated carbocycles. The fraction of sp³-hybridized carbons (Fsp3) is 0.316. The molecule has 0 spiro atoms. The van der Waals surface area contributed by atoms with Gasteiger partial charge in [-0.3, -0.25) is 4.79 Å². The number of nitrogens with one attached hydrogen (secondary N) is 2. The van der Waals surface area contributed by atoms with Gasteiger partial charge in [0, 0.05) is 19.5 Å². The average molecular weight is 360 g/mol. The van der Waals surface area contributed by atoms with Crippen molar-refractivity contribution in [2.24, 2.45) is 0 Å². The number of hydrogen-bond acceptors (Lipinski definition) is 3. The first-order valence-electron chi connectivity index (χ1n) is 8.17. The summed E-state index contributed by atoms with van der Waals surface area (Å²) in [6.45, 7) is 6.09. The molecule has 0 aliphatic rings. The summed E-state index contributed by atoms with van der Waals surface area (Å²) in [7, 11) is -3.61. The monoisotopic (exact) mass is 360 g/mol. The molecule has 0 unspecified atom stereocenters. The second-order valence-corrected chi connectivity index (χ2v) is 7.92. The molecular formula is C19H24N2O3S.